The highest BCUT2D eigenvalue weighted by atomic mass is 35.5. The van der Waals surface area contributed by atoms with Crippen molar-refractivity contribution < 1.29 is 4.79 Å². The number of benzene rings is 2. The molecule has 1 saturated heterocycles. The highest BCUT2D eigenvalue weighted by Crippen LogP contribution is 2.30. The fourth-order valence-electron chi connectivity index (χ4n) is 3.26. The molecule has 2 heterocycles. The molecule has 1 atom stereocenters. The van der Waals surface area contributed by atoms with E-state index < -0.39 is 5.91 Å². The Labute approximate surface area is 171 Å². The molecule has 28 heavy (non-hydrogen) atoms. The zero-order chi connectivity index (χ0) is 19.7. The van der Waals surface area contributed by atoms with Crippen LogP contribution in [0.5, 0.6) is 0 Å². The number of halogens is 2. The third kappa shape index (κ3) is 3.73. The van der Waals surface area contributed by atoms with E-state index in [1.807, 2.05) is 18.2 Å². The fourth-order valence-corrected chi connectivity index (χ4v) is 3.57. The van der Waals surface area contributed by atoms with E-state index in [1.54, 1.807) is 18.2 Å². The van der Waals surface area contributed by atoms with Gasteiger partial charge in [-0.3, -0.25) is 4.79 Å². The number of nitrogens with one attached hydrogen (secondary N) is 1. The predicted molar refractivity (Wildman–Crippen MR) is 110 cm³/mol. The molecule has 0 unspecified atom stereocenters. The summed E-state index contributed by atoms with van der Waals surface area (Å²) in [4.78, 5) is 14.1. The number of likely N-dealkylation sites (tertiary alicyclic amines) is 1. The molecule has 0 aliphatic carbocycles. The van der Waals surface area contributed by atoms with Gasteiger partial charge in [-0.1, -0.05) is 35.3 Å². The second kappa shape index (κ2) is 7.87. The summed E-state index contributed by atoms with van der Waals surface area (Å²) in [6, 6.07) is 10.7. The van der Waals surface area contributed by atoms with E-state index in [0.29, 0.717) is 32.3 Å². The van der Waals surface area contributed by atoms with E-state index in [0.717, 1.165) is 25.2 Å². The summed E-state index contributed by atoms with van der Waals surface area (Å²) >= 11 is 12.3. The van der Waals surface area contributed by atoms with E-state index in [2.05, 4.69) is 25.6 Å². The first-order chi connectivity index (χ1) is 13.5. The standard InChI is InChI=1S/C19H18Cl2N6O/c20-14-6-5-11(9-15(14)21)16(10-27-7-2-8-27)23-19-13-4-1-3-12(18(22)28)17(13)24-26-25-19/h1,3-6,9,16H,2,7-8,10H2,(H2,22,28)(H,23,24,25)/t16-/m1/s1. The molecule has 9 heteroatoms. The van der Waals surface area contributed by atoms with Crippen LogP contribution in [0, 0.1) is 0 Å². The number of carbonyl (C=O) groups is 1. The lowest BCUT2D eigenvalue weighted by atomic mass is 10.0. The minimum absolute atomic E-state index is 0.0906. The number of anilines is 1. The smallest absolute Gasteiger partial charge is 0.250 e. The van der Waals surface area contributed by atoms with E-state index in [1.165, 1.54) is 6.42 Å². The van der Waals surface area contributed by atoms with Crippen molar-refractivity contribution in [1.82, 2.24) is 20.3 Å². The lowest BCUT2D eigenvalue weighted by Crippen LogP contribution is -2.41. The van der Waals surface area contributed by atoms with E-state index in [4.69, 9.17) is 28.9 Å². The molecule has 3 N–H and O–H groups in total. The molecule has 0 spiro atoms. The number of primary amides is 1. The molecular weight excluding hydrogens is 399 g/mol. The van der Waals surface area contributed by atoms with Crippen molar-refractivity contribution >= 4 is 45.8 Å². The first kappa shape index (κ1) is 18.9. The van der Waals surface area contributed by atoms with Crippen LogP contribution in [-0.4, -0.2) is 45.9 Å². The third-order valence-electron chi connectivity index (χ3n) is 4.89. The zero-order valence-electron chi connectivity index (χ0n) is 14.9. The Hall–Kier alpha value is -2.48. The molecule has 1 aliphatic rings. The lowest BCUT2D eigenvalue weighted by molar-refractivity contribution is 0.100. The summed E-state index contributed by atoms with van der Waals surface area (Å²) in [6.45, 7) is 2.88. The summed E-state index contributed by atoms with van der Waals surface area (Å²) in [7, 11) is 0. The fraction of sp³-hybridized carbons (Fsp3) is 0.263. The van der Waals surface area contributed by atoms with Crippen LogP contribution in [0.25, 0.3) is 10.9 Å². The van der Waals surface area contributed by atoms with E-state index in [9.17, 15) is 4.79 Å². The monoisotopic (exact) mass is 416 g/mol. The van der Waals surface area contributed by atoms with Gasteiger partial charge in [-0.05, 0) is 54.6 Å². The van der Waals surface area contributed by atoms with Crippen molar-refractivity contribution in [2.45, 2.75) is 12.5 Å². The Morgan fingerprint density at radius 2 is 2.00 bits per heavy atom. The first-order valence-corrected chi connectivity index (χ1v) is 9.64. The maximum absolute atomic E-state index is 11.7. The van der Waals surface area contributed by atoms with Gasteiger partial charge in [0.1, 0.15) is 5.52 Å². The van der Waals surface area contributed by atoms with Gasteiger partial charge in [-0.2, -0.15) is 0 Å². The molecule has 0 radical (unpaired) electrons. The quantitative estimate of drug-likeness (QED) is 0.639. The number of nitrogens with zero attached hydrogens (tertiary/aromatic N) is 4. The van der Waals surface area contributed by atoms with Crippen LogP contribution in [0.1, 0.15) is 28.4 Å². The number of carbonyl (C=O) groups excluding carboxylic acids is 1. The molecule has 0 bridgehead atoms. The third-order valence-corrected chi connectivity index (χ3v) is 5.63. The molecule has 7 nitrogen and oxygen atoms in total. The van der Waals surface area contributed by atoms with Crippen molar-refractivity contribution in [3.63, 3.8) is 0 Å². The molecule has 1 fully saturated rings. The van der Waals surface area contributed by atoms with Gasteiger partial charge in [0.15, 0.2) is 5.82 Å². The first-order valence-electron chi connectivity index (χ1n) is 8.88. The molecule has 0 saturated carbocycles. The van der Waals surface area contributed by atoms with Gasteiger partial charge in [0.2, 0.25) is 0 Å². The number of hydrogen-bond donors (Lipinski definition) is 2. The van der Waals surface area contributed by atoms with Gasteiger partial charge in [0.05, 0.1) is 21.7 Å². The van der Waals surface area contributed by atoms with Crippen molar-refractivity contribution in [1.29, 1.82) is 0 Å². The van der Waals surface area contributed by atoms with Crippen LogP contribution in [0.2, 0.25) is 10.0 Å². The Bertz CT molecular complexity index is 1040. The van der Waals surface area contributed by atoms with Crippen molar-refractivity contribution in [3.8, 4) is 0 Å². The Morgan fingerprint density at radius 1 is 1.18 bits per heavy atom. The van der Waals surface area contributed by atoms with Gasteiger partial charge >= 0.3 is 0 Å². The van der Waals surface area contributed by atoms with Crippen LogP contribution in [0.3, 0.4) is 0 Å². The lowest BCUT2D eigenvalue weighted by Gasteiger charge is -2.34. The van der Waals surface area contributed by atoms with Crippen LogP contribution < -0.4 is 11.1 Å². The van der Waals surface area contributed by atoms with Gasteiger partial charge in [0.25, 0.3) is 5.91 Å². The molecule has 1 aliphatic heterocycles. The second-order valence-electron chi connectivity index (χ2n) is 6.73. The molecule has 1 aromatic heterocycles. The number of aromatic nitrogens is 3. The van der Waals surface area contributed by atoms with E-state index >= 15 is 0 Å². The van der Waals surface area contributed by atoms with Gasteiger partial charge in [-0.15, -0.1) is 10.2 Å². The maximum atomic E-state index is 11.7. The minimum Gasteiger partial charge on any atom is -0.366 e. The summed E-state index contributed by atoms with van der Waals surface area (Å²) in [6.07, 6.45) is 1.19. The average molecular weight is 417 g/mol. The normalized spacial score (nSPS) is 15.2. The maximum Gasteiger partial charge on any atom is 0.250 e. The van der Waals surface area contributed by atoms with Gasteiger partial charge in [-0.25, -0.2) is 0 Å². The summed E-state index contributed by atoms with van der Waals surface area (Å²) in [5.41, 5.74) is 7.18. The van der Waals surface area contributed by atoms with Crippen molar-refractivity contribution in [3.05, 3.63) is 57.6 Å². The zero-order valence-corrected chi connectivity index (χ0v) is 16.4. The van der Waals surface area contributed by atoms with E-state index in [-0.39, 0.29) is 6.04 Å². The van der Waals surface area contributed by atoms with Crippen LogP contribution in [-0.2, 0) is 0 Å². The number of amides is 1. The summed E-state index contributed by atoms with van der Waals surface area (Å²) in [5.74, 6) is -0.0247. The largest absolute Gasteiger partial charge is 0.366 e. The van der Waals surface area contributed by atoms with Gasteiger partial charge in [0, 0.05) is 11.9 Å². The summed E-state index contributed by atoms with van der Waals surface area (Å²) in [5, 5.41) is 17.1. The molecule has 1 amide bonds. The number of nitrogens with two attached hydrogens (primary N) is 1. The molecule has 2 aromatic carbocycles. The second-order valence-corrected chi connectivity index (χ2v) is 7.54. The number of rotatable bonds is 6. The predicted octanol–water partition coefficient (Wildman–Crippen LogP) is 3.29. The van der Waals surface area contributed by atoms with Crippen LogP contribution >= 0.6 is 23.2 Å². The highest BCUT2D eigenvalue weighted by Gasteiger charge is 2.23. The molecule has 144 valence electrons. The highest BCUT2D eigenvalue weighted by molar-refractivity contribution is 6.42. The summed E-state index contributed by atoms with van der Waals surface area (Å²) < 4.78 is 0. The minimum atomic E-state index is -0.557. The Morgan fingerprint density at radius 3 is 2.68 bits per heavy atom. The van der Waals surface area contributed by atoms with Crippen molar-refractivity contribution in [2.24, 2.45) is 5.73 Å². The SMILES string of the molecule is NC(=O)c1cccc2c(N[C@H](CN3CCC3)c3ccc(Cl)c(Cl)c3)nnnc12. The topological polar surface area (TPSA) is 97.0 Å². The van der Waals surface area contributed by atoms with Crippen LogP contribution in [0.4, 0.5) is 5.82 Å². The number of fused-ring (bicyclic) bond motifs is 1. The molecule has 4 rings (SSSR count). The van der Waals surface area contributed by atoms with Gasteiger partial charge < -0.3 is 16.0 Å². The van der Waals surface area contributed by atoms with Crippen LogP contribution in [0.15, 0.2) is 36.4 Å². The Kier molecular flexibility index (Phi) is 5.30. The molecular formula is C19H18Cl2N6O. The Balaban J connectivity index is 1.73. The molecule has 3 aromatic rings. The van der Waals surface area contributed by atoms with Crippen molar-refractivity contribution in [2.75, 3.05) is 25.0 Å². The average Bonchev–Trinajstić information content (AvgIpc) is 2.65. The number of hydrogen-bond acceptors (Lipinski definition) is 6.